The number of hydrogen-bond donors (Lipinski definition) is 3. The number of phosphoric ester groups is 1. The Morgan fingerprint density at radius 3 is 1.14 bits per heavy atom. The molecule has 0 aromatic rings. The number of carbonyl (C=O) groups is 1. The molecule has 0 aliphatic rings. The van der Waals surface area contributed by atoms with Crippen LogP contribution in [0.2, 0.25) is 0 Å². The van der Waals surface area contributed by atoms with Gasteiger partial charge in [0.1, 0.15) is 13.2 Å². The van der Waals surface area contributed by atoms with Crippen molar-refractivity contribution < 1.29 is 32.9 Å². The molecule has 1 amide bonds. The van der Waals surface area contributed by atoms with Gasteiger partial charge in [0.05, 0.1) is 39.9 Å². The first-order valence-electron chi connectivity index (χ1n) is 30.0. The molecule has 0 saturated carbocycles. The minimum Gasteiger partial charge on any atom is -0.387 e. The van der Waals surface area contributed by atoms with E-state index >= 15 is 0 Å². The summed E-state index contributed by atoms with van der Waals surface area (Å²) in [5.74, 6) is -0.194. The smallest absolute Gasteiger partial charge is 0.387 e. The summed E-state index contributed by atoms with van der Waals surface area (Å²) in [5.41, 5.74) is 0. The Balaban J connectivity index is 4.20. The highest BCUT2D eigenvalue weighted by molar-refractivity contribution is 7.47. The quantitative estimate of drug-likeness (QED) is 0.0243. The number of aliphatic hydroxyl groups excluding tert-OH is 1. The molecule has 0 bridgehead atoms. The molecule has 3 unspecified atom stereocenters. The Bertz CT molecular complexity index is 1280. The predicted molar refractivity (Wildman–Crippen MR) is 304 cm³/mol. The summed E-state index contributed by atoms with van der Waals surface area (Å²) >= 11 is 0. The van der Waals surface area contributed by atoms with E-state index in [2.05, 4.69) is 55.6 Å². The lowest BCUT2D eigenvalue weighted by Gasteiger charge is -2.25. The Kier molecular flexibility index (Phi) is 51.2. The monoisotopic (exact) mass is 1010 g/mol. The number of aliphatic hydroxyl groups is 1. The summed E-state index contributed by atoms with van der Waals surface area (Å²) in [5, 5.41) is 13.9. The number of rotatable bonds is 55. The first-order chi connectivity index (χ1) is 34.0. The fourth-order valence-corrected chi connectivity index (χ4v) is 9.51. The number of nitrogens with zero attached hydrogens (tertiary/aromatic N) is 1. The fourth-order valence-electron chi connectivity index (χ4n) is 8.78. The molecule has 8 nitrogen and oxygen atoms in total. The molecule has 0 heterocycles. The van der Waals surface area contributed by atoms with Crippen LogP contribution < -0.4 is 5.32 Å². The van der Waals surface area contributed by atoms with E-state index in [9.17, 15) is 19.4 Å². The van der Waals surface area contributed by atoms with E-state index < -0.39 is 20.0 Å². The van der Waals surface area contributed by atoms with Crippen LogP contribution in [0.15, 0.2) is 48.6 Å². The normalized spacial score (nSPS) is 14.2. The maximum Gasteiger partial charge on any atom is 0.472 e. The van der Waals surface area contributed by atoms with Gasteiger partial charge in [-0.1, -0.05) is 255 Å². The van der Waals surface area contributed by atoms with Crippen molar-refractivity contribution in [2.45, 2.75) is 296 Å². The van der Waals surface area contributed by atoms with Crippen LogP contribution in [-0.2, 0) is 18.4 Å². The van der Waals surface area contributed by atoms with Gasteiger partial charge >= 0.3 is 7.82 Å². The number of phosphoric acid groups is 1. The van der Waals surface area contributed by atoms with Gasteiger partial charge in [-0.2, -0.15) is 0 Å². The molecule has 0 rings (SSSR count). The second-order valence-corrected chi connectivity index (χ2v) is 23.2. The van der Waals surface area contributed by atoms with Crippen LogP contribution in [0.5, 0.6) is 0 Å². The molecule has 0 radical (unpaired) electrons. The molecular weight excluding hydrogens is 888 g/mol. The first kappa shape index (κ1) is 68.5. The molecule has 0 aliphatic heterocycles. The van der Waals surface area contributed by atoms with E-state index in [0.29, 0.717) is 17.4 Å². The maximum atomic E-state index is 13.0. The van der Waals surface area contributed by atoms with Gasteiger partial charge in [-0.15, -0.1) is 0 Å². The zero-order valence-corrected chi connectivity index (χ0v) is 47.9. The van der Waals surface area contributed by atoms with E-state index in [1.807, 2.05) is 27.2 Å². The van der Waals surface area contributed by atoms with Gasteiger partial charge < -0.3 is 19.8 Å². The Hall–Kier alpha value is -1.54. The second-order valence-electron chi connectivity index (χ2n) is 21.7. The number of nitrogens with one attached hydrogen (secondary N) is 1. The van der Waals surface area contributed by atoms with Crippen molar-refractivity contribution in [2.75, 3.05) is 40.9 Å². The average Bonchev–Trinajstić information content (AvgIpc) is 3.32. The lowest BCUT2D eigenvalue weighted by molar-refractivity contribution is -0.870. The molecule has 9 heteroatoms. The highest BCUT2D eigenvalue weighted by atomic mass is 31.2. The van der Waals surface area contributed by atoms with Gasteiger partial charge in [0, 0.05) is 6.42 Å². The zero-order valence-electron chi connectivity index (χ0n) is 47.0. The van der Waals surface area contributed by atoms with Gasteiger partial charge in [-0.05, 0) is 70.6 Å². The largest absolute Gasteiger partial charge is 0.472 e. The number of carbonyl (C=O) groups excluding carboxylic acids is 1. The third-order valence-electron chi connectivity index (χ3n) is 13.5. The lowest BCUT2D eigenvalue weighted by atomic mass is 10.0. The molecule has 70 heavy (non-hydrogen) atoms. The van der Waals surface area contributed by atoms with Crippen LogP contribution >= 0.6 is 7.82 Å². The molecule has 412 valence electrons. The van der Waals surface area contributed by atoms with Crippen LogP contribution in [0, 0.1) is 0 Å². The number of likely N-dealkylation sites (N-methyl/N-ethyl adjacent to an activating group) is 1. The molecule has 3 atom stereocenters. The lowest BCUT2D eigenvalue weighted by Crippen LogP contribution is -2.45. The molecule has 0 saturated heterocycles. The van der Waals surface area contributed by atoms with Gasteiger partial charge in [-0.25, -0.2) is 4.57 Å². The van der Waals surface area contributed by atoms with E-state index in [1.54, 1.807) is 6.08 Å². The minimum absolute atomic E-state index is 0.0522. The molecule has 0 aromatic heterocycles. The van der Waals surface area contributed by atoms with Crippen molar-refractivity contribution in [2.24, 2.45) is 0 Å². The van der Waals surface area contributed by atoms with Crippen LogP contribution in [0.3, 0.4) is 0 Å². The van der Waals surface area contributed by atoms with E-state index in [-0.39, 0.29) is 19.1 Å². The van der Waals surface area contributed by atoms with E-state index in [4.69, 9.17) is 9.05 Å². The maximum absolute atomic E-state index is 13.0. The third kappa shape index (κ3) is 54.2. The molecule has 0 fully saturated rings. The number of amides is 1. The van der Waals surface area contributed by atoms with Gasteiger partial charge in [0.15, 0.2) is 0 Å². The molecule has 0 aromatic carbocycles. The summed E-state index contributed by atoms with van der Waals surface area (Å²) in [6.07, 6.45) is 69.5. The van der Waals surface area contributed by atoms with Gasteiger partial charge in [-0.3, -0.25) is 13.8 Å². The van der Waals surface area contributed by atoms with E-state index in [0.717, 1.165) is 44.9 Å². The summed E-state index contributed by atoms with van der Waals surface area (Å²) < 4.78 is 23.7. The van der Waals surface area contributed by atoms with Crippen LogP contribution in [-0.4, -0.2) is 73.4 Å². The number of quaternary nitrogens is 1. The third-order valence-corrected chi connectivity index (χ3v) is 14.5. The van der Waals surface area contributed by atoms with Crippen molar-refractivity contribution in [1.82, 2.24) is 5.32 Å². The fraction of sp³-hybridized carbons (Fsp3) is 0.852. The first-order valence-corrected chi connectivity index (χ1v) is 31.5. The molecule has 0 spiro atoms. The highest BCUT2D eigenvalue weighted by Gasteiger charge is 2.27. The van der Waals surface area contributed by atoms with E-state index in [1.165, 1.54) is 218 Å². The van der Waals surface area contributed by atoms with Crippen LogP contribution in [0.25, 0.3) is 0 Å². The van der Waals surface area contributed by atoms with Gasteiger partial charge in [0.2, 0.25) is 5.91 Å². The molecule has 0 aliphatic carbocycles. The number of unbranched alkanes of at least 4 members (excludes halogenated alkanes) is 36. The predicted octanol–water partition coefficient (Wildman–Crippen LogP) is 18.3. The van der Waals surface area contributed by atoms with Crippen LogP contribution in [0.1, 0.15) is 284 Å². The van der Waals surface area contributed by atoms with Crippen LogP contribution in [0.4, 0.5) is 0 Å². The average molecular weight is 1010 g/mol. The minimum atomic E-state index is -4.36. The Labute approximate surface area is 435 Å². The highest BCUT2D eigenvalue weighted by Crippen LogP contribution is 2.43. The van der Waals surface area contributed by atoms with Crippen molar-refractivity contribution in [3.8, 4) is 0 Å². The number of hydrogen-bond acceptors (Lipinski definition) is 5. The summed E-state index contributed by atoms with van der Waals surface area (Å²) in [6, 6.07) is -0.873. The molecular formula is C61H118N2O6P+. The second kappa shape index (κ2) is 52.3. The Morgan fingerprint density at radius 1 is 0.471 bits per heavy atom. The van der Waals surface area contributed by atoms with Crippen molar-refractivity contribution in [1.29, 1.82) is 0 Å². The summed E-state index contributed by atoms with van der Waals surface area (Å²) in [4.78, 5) is 23.3. The Morgan fingerprint density at radius 2 is 0.786 bits per heavy atom. The number of allylic oxidation sites excluding steroid dienone is 7. The topological polar surface area (TPSA) is 105 Å². The zero-order chi connectivity index (χ0) is 51.3. The van der Waals surface area contributed by atoms with Gasteiger partial charge in [0.25, 0.3) is 0 Å². The standard InChI is InChI=1S/C61H117N2O6P/c1-6-8-10-12-14-16-18-20-22-24-25-26-27-28-29-30-31-32-33-34-35-36-37-39-40-42-44-46-48-50-52-54-60(64)59(58-69-70(66,67)68-57-56-63(3,4)5)62-61(65)55-53-51-49-47-45-43-41-38-23-21-19-17-15-13-11-9-7-2/h21,23,37,39,44,46,52,54,59-60,64H,6-20,22,24-36,38,40-43,45,47-51,53,55-58H2,1-5H3,(H-,62,65,66,67)/p+1/b23-21-,39-37+,46-44+,54-52+. The summed E-state index contributed by atoms with van der Waals surface area (Å²) in [6.45, 7) is 4.81. The van der Waals surface area contributed by atoms with Crippen molar-refractivity contribution >= 4 is 13.7 Å². The van der Waals surface area contributed by atoms with Crippen molar-refractivity contribution in [3.63, 3.8) is 0 Å². The van der Waals surface area contributed by atoms with Crippen molar-refractivity contribution in [3.05, 3.63) is 48.6 Å². The molecule has 3 N–H and O–H groups in total. The SMILES string of the molecule is CCCCCCCC/C=C\CCCCCCCCCC(=O)NC(COP(=O)(O)OCC[N+](C)(C)C)C(O)/C=C/CC/C=C/CC/C=C/CCCCCCCCCCCCCCCCCCCCCCC. The summed E-state index contributed by atoms with van der Waals surface area (Å²) in [7, 11) is 1.55.